The van der Waals surface area contributed by atoms with Crippen LogP contribution >= 0.6 is 0 Å². The van der Waals surface area contributed by atoms with E-state index in [1.807, 2.05) is 0 Å². The van der Waals surface area contributed by atoms with Gasteiger partial charge in [-0.1, -0.05) is 12.1 Å². The summed E-state index contributed by atoms with van der Waals surface area (Å²) in [6, 6.07) is 8.28. The number of nitrogens with two attached hydrogens (primary N) is 4. The first-order chi connectivity index (χ1) is 10.0. The quantitative estimate of drug-likeness (QED) is 0.389. The highest BCUT2D eigenvalue weighted by Crippen LogP contribution is 2.30. The molecule has 0 atom stereocenters. The zero-order valence-corrected chi connectivity index (χ0v) is 11.2. The molecule has 1 amide bonds. The fourth-order valence-electron chi connectivity index (χ4n) is 1.76. The van der Waals surface area contributed by atoms with Gasteiger partial charge in [0.25, 0.3) is 0 Å². The van der Waals surface area contributed by atoms with E-state index in [9.17, 15) is 4.79 Å². The summed E-state index contributed by atoms with van der Waals surface area (Å²) in [6.45, 7) is 0.193. The van der Waals surface area contributed by atoms with Crippen molar-refractivity contribution in [2.24, 2.45) is 11.6 Å². The number of ether oxygens (including phenoxy) is 1. The average molecular weight is 288 g/mol. The SMILES string of the molecule is NNc1nc(N)cc(OCc2cccc(C(N)=O)c2)c1N. The van der Waals surface area contributed by atoms with E-state index in [0.717, 1.165) is 5.56 Å². The summed E-state index contributed by atoms with van der Waals surface area (Å²) in [4.78, 5) is 15.0. The molecule has 0 fully saturated rings. The lowest BCUT2D eigenvalue weighted by molar-refractivity contribution is 0.1000. The molecule has 2 rings (SSSR count). The number of anilines is 3. The number of carbonyl (C=O) groups excluding carboxylic acids is 1. The maximum Gasteiger partial charge on any atom is 0.248 e. The first-order valence-electron chi connectivity index (χ1n) is 6.05. The Morgan fingerprint density at radius 1 is 1.29 bits per heavy atom. The number of amides is 1. The number of hydrogen-bond acceptors (Lipinski definition) is 7. The third kappa shape index (κ3) is 3.31. The van der Waals surface area contributed by atoms with Gasteiger partial charge in [-0.3, -0.25) is 4.79 Å². The summed E-state index contributed by atoms with van der Waals surface area (Å²) in [5.41, 5.74) is 20.5. The van der Waals surface area contributed by atoms with Crippen LogP contribution < -0.4 is 33.2 Å². The summed E-state index contributed by atoms with van der Waals surface area (Å²) < 4.78 is 5.59. The van der Waals surface area contributed by atoms with Gasteiger partial charge in [0.2, 0.25) is 5.91 Å². The zero-order chi connectivity index (χ0) is 15.4. The number of benzene rings is 1. The number of hydrazine groups is 1. The number of aromatic nitrogens is 1. The Balaban J connectivity index is 2.18. The monoisotopic (exact) mass is 288 g/mol. The minimum atomic E-state index is -0.501. The molecule has 0 radical (unpaired) electrons. The number of nitrogen functional groups attached to an aromatic ring is 3. The van der Waals surface area contributed by atoms with Crippen LogP contribution in [0.2, 0.25) is 0 Å². The fraction of sp³-hybridized carbons (Fsp3) is 0.0769. The number of nitrogens with zero attached hydrogens (tertiary/aromatic N) is 1. The van der Waals surface area contributed by atoms with Crippen LogP contribution in [-0.2, 0) is 6.61 Å². The summed E-state index contributed by atoms with van der Waals surface area (Å²) in [7, 11) is 0. The molecular formula is C13H16N6O2. The Morgan fingerprint density at radius 2 is 2.05 bits per heavy atom. The Bertz CT molecular complexity index is 674. The van der Waals surface area contributed by atoms with Crippen molar-refractivity contribution in [3.8, 4) is 5.75 Å². The Hall–Kier alpha value is -3.00. The number of rotatable bonds is 5. The molecule has 1 aromatic heterocycles. The number of hydrogen-bond donors (Lipinski definition) is 5. The zero-order valence-electron chi connectivity index (χ0n) is 11.2. The van der Waals surface area contributed by atoms with Crippen LogP contribution in [0.1, 0.15) is 15.9 Å². The molecule has 0 bridgehead atoms. The molecule has 8 nitrogen and oxygen atoms in total. The number of pyridine rings is 1. The lowest BCUT2D eigenvalue weighted by atomic mass is 10.1. The van der Waals surface area contributed by atoms with Crippen molar-refractivity contribution in [3.05, 3.63) is 41.5 Å². The molecule has 0 unspecified atom stereocenters. The van der Waals surface area contributed by atoms with E-state index in [1.165, 1.54) is 6.07 Å². The molecule has 1 aromatic carbocycles. The van der Waals surface area contributed by atoms with Gasteiger partial charge in [0.1, 0.15) is 23.9 Å². The Morgan fingerprint density at radius 3 is 2.71 bits per heavy atom. The molecule has 1 heterocycles. The second-order valence-electron chi connectivity index (χ2n) is 4.31. The maximum absolute atomic E-state index is 11.1. The Kier molecular flexibility index (Phi) is 4.10. The normalized spacial score (nSPS) is 10.1. The van der Waals surface area contributed by atoms with Crippen molar-refractivity contribution in [1.29, 1.82) is 0 Å². The molecule has 110 valence electrons. The van der Waals surface area contributed by atoms with Crippen molar-refractivity contribution in [2.75, 3.05) is 16.9 Å². The standard InChI is InChI=1S/C13H16N6O2/c14-10-5-9(11(15)13(18-10)19-17)21-6-7-2-1-3-8(4-7)12(16)20/h1-5H,6,15,17H2,(H2,16,20)(H3,14,18,19). The van der Waals surface area contributed by atoms with Crippen LogP contribution in [0.5, 0.6) is 5.75 Å². The molecule has 0 aliphatic rings. The molecule has 0 aliphatic carbocycles. The van der Waals surface area contributed by atoms with Gasteiger partial charge in [-0.05, 0) is 17.7 Å². The van der Waals surface area contributed by atoms with E-state index in [0.29, 0.717) is 11.3 Å². The fourth-order valence-corrected chi connectivity index (χ4v) is 1.76. The first kappa shape index (κ1) is 14.4. The summed E-state index contributed by atoms with van der Waals surface area (Å²) in [5, 5.41) is 0. The van der Waals surface area contributed by atoms with Gasteiger partial charge in [-0.25, -0.2) is 10.8 Å². The topological polar surface area (TPSA) is 155 Å². The van der Waals surface area contributed by atoms with Crippen LogP contribution in [-0.4, -0.2) is 10.9 Å². The highest BCUT2D eigenvalue weighted by atomic mass is 16.5. The first-order valence-corrected chi connectivity index (χ1v) is 6.05. The van der Waals surface area contributed by atoms with Gasteiger partial charge in [-0.2, -0.15) is 0 Å². The average Bonchev–Trinajstić information content (AvgIpc) is 2.48. The van der Waals surface area contributed by atoms with Crippen molar-refractivity contribution in [3.63, 3.8) is 0 Å². The second kappa shape index (κ2) is 5.97. The van der Waals surface area contributed by atoms with E-state index < -0.39 is 5.91 Å². The summed E-state index contributed by atoms with van der Waals surface area (Å²) in [5.74, 6) is 5.59. The predicted molar refractivity (Wildman–Crippen MR) is 80.2 cm³/mol. The van der Waals surface area contributed by atoms with Crippen LogP contribution in [0.3, 0.4) is 0 Å². The molecule has 0 spiro atoms. The van der Waals surface area contributed by atoms with E-state index in [2.05, 4.69) is 10.4 Å². The summed E-state index contributed by atoms with van der Waals surface area (Å²) >= 11 is 0. The number of carbonyl (C=O) groups is 1. The highest BCUT2D eigenvalue weighted by molar-refractivity contribution is 5.92. The third-order valence-corrected chi connectivity index (χ3v) is 2.78. The van der Waals surface area contributed by atoms with Crippen LogP contribution in [0, 0.1) is 0 Å². The van der Waals surface area contributed by atoms with Gasteiger partial charge >= 0.3 is 0 Å². The highest BCUT2D eigenvalue weighted by Gasteiger charge is 2.10. The molecule has 9 N–H and O–H groups in total. The smallest absolute Gasteiger partial charge is 0.248 e. The largest absolute Gasteiger partial charge is 0.486 e. The minimum absolute atomic E-state index is 0.193. The third-order valence-electron chi connectivity index (χ3n) is 2.78. The van der Waals surface area contributed by atoms with Crippen molar-refractivity contribution >= 4 is 23.2 Å². The molecular weight excluding hydrogens is 272 g/mol. The van der Waals surface area contributed by atoms with Crippen molar-refractivity contribution in [1.82, 2.24) is 4.98 Å². The van der Waals surface area contributed by atoms with Gasteiger partial charge in [0.15, 0.2) is 5.82 Å². The van der Waals surface area contributed by atoms with Crippen molar-refractivity contribution < 1.29 is 9.53 Å². The van der Waals surface area contributed by atoms with Gasteiger partial charge in [0.05, 0.1) is 0 Å². The van der Waals surface area contributed by atoms with Gasteiger partial charge < -0.3 is 27.4 Å². The summed E-state index contributed by atoms with van der Waals surface area (Å²) in [6.07, 6.45) is 0. The van der Waals surface area contributed by atoms with Crippen LogP contribution in [0.4, 0.5) is 17.3 Å². The van der Waals surface area contributed by atoms with Crippen molar-refractivity contribution in [2.45, 2.75) is 6.61 Å². The second-order valence-corrected chi connectivity index (χ2v) is 4.31. The van der Waals surface area contributed by atoms with Crippen LogP contribution in [0.15, 0.2) is 30.3 Å². The van der Waals surface area contributed by atoms with E-state index in [4.69, 9.17) is 27.8 Å². The predicted octanol–water partition coefficient (Wildman–Crippen LogP) is 0.209. The molecule has 0 saturated carbocycles. The lowest BCUT2D eigenvalue weighted by Gasteiger charge is -2.12. The van der Waals surface area contributed by atoms with Gasteiger partial charge in [0, 0.05) is 11.6 Å². The van der Waals surface area contributed by atoms with E-state index in [-0.39, 0.29) is 23.9 Å². The van der Waals surface area contributed by atoms with E-state index >= 15 is 0 Å². The lowest BCUT2D eigenvalue weighted by Crippen LogP contribution is -2.13. The maximum atomic E-state index is 11.1. The molecule has 0 aliphatic heterocycles. The molecule has 8 heteroatoms. The molecule has 2 aromatic rings. The van der Waals surface area contributed by atoms with Crippen LogP contribution in [0.25, 0.3) is 0 Å². The number of nitrogens with one attached hydrogen (secondary N) is 1. The molecule has 21 heavy (non-hydrogen) atoms. The number of primary amides is 1. The minimum Gasteiger partial charge on any atom is -0.486 e. The molecule has 0 saturated heterocycles. The Labute approximate surface area is 121 Å². The van der Waals surface area contributed by atoms with Gasteiger partial charge in [-0.15, -0.1) is 0 Å². The van der Waals surface area contributed by atoms with E-state index in [1.54, 1.807) is 24.3 Å².